The van der Waals surface area contributed by atoms with Crippen molar-refractivity contribution in [3.05, 3.63) is 29.3 Å². The molecule has 0 spiro atoms. The van der Waals surface area contributed by atoms with E-state index < -0.39 is 6.10 Å². The monoisotopic (exact) mass is 221 g/mol. The second-order valence-electron chi connectivity index (χ2n) is 4.79. The van der Waals surface area contributed by atoms with Gasteiger partial charge in [-0.2, -0.15) is 0 Å². The normalized spacial score (nSPS) is 24.5. The number of aryl methyl sites for hydroxylation is 1. The van der Waals surface area contributed by atoms with E-state index in [1.54, 1.807) is 12.1 Å². The Morgan fingerprint density at radius 3 is 2.81 bits per heavy atom. The lowest BCUT2D eigenvalue weighted by atomic mass is 9.85. The average molecular weight is 221 g/mol. The van der Waals surface area contributed by atoms with Gasteiger partial charge in [0.25, 0.3) is 0 Å². The van der Waals surface area contributed by atoms with Crippen LogP contribution in [0, 0.1) is 0 Å². The Hall–Kier alpha value is -1.06. The first-order valence-electron chi connectivity index (χ1n) is 5.84. The summed E-state index contributed by atoms with van der Waals surface area (Å²) < 4.78 is 0. The predicted molar refractivity (Wildman–Crippen MR) is 63.4 cm³/mol. The molecule has 0 radical (unpaired) electrons. The summed E-state index contributed by atoms with van der Waals surface area (Å²) in [5.41, 5.74) is 2.01. The van der Waals surface area contributed by atoms with Gasteiger partial charge < -0.3 is 15.5 Å². The standard InChI is InChI=1S/C13H19NO2/c1-8(2)14-12-6-4-9-3-5-10(15)7-11(9)13(12)16/h3,5,7-8,12-16H,4,6H2,1-2H3/t12-,13-/m1/s1. The van der Waals surface area contributed by atoms with Crippen molar-refractivity contribution in [3.63, 3.8) is 0 Å². The maximum Gasteiger partial charge on any atom is 0.115 e. The van der Waals surface area contributed by atoms with Gasteiger partial charge in [0.1, 0.15) is 5.75 Å². The number of fused-ring (bicyclic) bond motifs is 1. The van der Waals surface area contributed by atoms with Gasteiger partial charge in [-0.1, -0.05) is 19.9 Å². The minimum atomic E-state index is -0.516. The highest BCUT2D eigenvalue weighted by Crippen LogP contribution is 2.32. The molecule has 16 heavy (non-hydrogen) atoms. The third-order valence-corrected chi connectivity index (χ3v) is 3.10. The molecule has 0 amide bonds. The highest BCUT2D eigenvalue weighted by Gasteiger charge is 2.28. The Balaban J connectivity index is 2.23. The number of benzene rings is 1. The molecule has 0 saturated carbocycles. The Morgan fingerprint density at radius 1 is 1.38 bits per heavy atom. The number of aliphatic hydroxyl groups is 1. The van der Waals surface area contributed by atoms with E-state index in [2.05, 4.69) is 19.2 Å². The van der Waals surface area contributed by atoms with Crippen molar-refractivity contribution < 1.29 is 10.2 Å². The Kier molecular flexibility index (Phi) is 3.17. The van der Waals surface area contributed by atoms with Crippen LogP contribution in [-0.2, 0) is 6.42 Å². The van der Waals surface area contributed by atoms with Crippen LogP contribution in [0.2, 0.25) is 0 Å². The van der Waals surface area contributed by atoms with Crippen LogP contribution in [0.25, 0.3) is 0 Å². The lowest BCUT2D eigenvalue weighted by molar-refractivity contribution is 0.110. The number of rotatable bonds is 2. The number of hydrogen-bond donors (Lipinski definition) is 3. The van der Waals surface area contributed by atoms with E-state index in [0.29, 0.717) is 6.04 Å². The van der Waals surface area contributed by atoms with Crippen LogP contribution in [0.4, 0.5) is 0 Å². The minimum Gasteiger partial charge on any atom is -0.508 e. The van der Waals surface area contributed by atoms with Crippen LogP contribution >= 0.6 is 0 Å². The molecule has 3 nitrogen and oxygen atoms in total. The predicted octanol–water partition coefficient (Wildman–Crippen LogP) is 1.74. The van der Waals surface area contributed by atoms with Gasteiger partial charge in [0.05, 0.1) is 6.10 Å². The van der Waals surface area contributed by atoms with Gasteiger partial charge in [-0.25, -0.2) is 0 Å². The first-order valence-corrected chi connectivity index (χ1v) is 5.84. The van der Waals surface area contributed by atoms with Crippen LogP contribution in [-0.4, -0.2) is 22.3 Å². The smallest absolute Gasteiger partial charge is 0.115 e. The van der Waals surface area contributed by atoms with E-state index in [1.807, 2.05) is 6.07 Å². The molecule has 0 aromatic heterocycles. The number of phenols is 1. The highest BCUT2D eigenvalue weighted by atomic mass is 16.3. The molecule has 2 rings (SSSR count). The molecule has 1 aromatic carbocycles. The fourth-order valence-electron chi connectivity index (χ4n) is 2.37. The molecule has 0 bridgehead atoms. The number of phenolic OH excluding ortho intramolecular Hbond substituents is 1. The molecule has 2 atom stereocenters. The topological polar surface area (TPSA) is 52.5 Å². The minimum absolute atomic E-state index is 0.0919. The van der Waals surface area contributed by atoms with Gasteiger partial charge in [-0.05, 0) is 36.1 Å². The molecule has 3 heteroatoms. The van der Waals surface area contributed by atoms with Gasteiger partial charge in [-0.15, -0.1) is 0 Å². The van der Waals surface area contributed by atoms with E-state index >= 15 is 0 Å². The van der Waals surface area contributed by atoms with Crippen LogP contribution in [0.1, 0.15) is 37.5 Å². The van der Waals surface area contributed by atoms with Gasteiger partial charge in [0.15, 0.2) is 0 Å². The molecule has 0 fully saturated rings. The summed E-state index contributed by atoms with van der Waals surface area (Å²) in [6.45, 7) is 4.15. The number of aromatic hydroxyl groups is 1. The summed E-state index contributed by atoms with van der Waals surface area (Å²) in [4.78, 5) is 0. The molecule has 1 aromatic rings. The quantitative estimate of drug-likeness (QED) is 0.713. The number of hydrogen-bond acceptors (Lipinski definition) is 3. The Morgan fingerprint density at radius 2 is 2.12 bits per heavy atom. The van der Waals surface area contributed by atoms with Gasteiger partial charge in [-0.3, -0.25) is 0 Å². The summed E-state index contributed by atoms with van der Waals surface area (Å²) in [5, 5.41) is 23.0. The van der Waals surface area contributed by atoms with Crippen molar-refractivity contribution in [3.8, 4) is 5.75 Å². The first-order chi connectivity index (χ1) is 7.58. The Bertz CT molecular complexity index is 376. The van der Waals surface area contributed by atoms with E-state index in [1.165, 1.54) is 0 Å². The SMILES string of the molecule is CC(C)N[C@@H]1CCc2ccc(O)cc2[C@H]1O. The molecular formula is C13H19NO2. The van der Waals surface area contributed by atoms with Crippen molar-refractivity contribution in [2.24, 2.45) is 0 Å². The summed E-state index contributed by atoms with van der Waals surface area (Å²) in [6.07, 6.45) is 1.38. The van der Waals surface area contributed by atoms with E-state index in [0.717, 1.165) is 24.0 Å². The highest BCUT2D eigenvalue weighted by molar-refractivity contribution is 5.38. The summed E-state index contributed by atoms with van der Waals surface area (Å²) in [5.74, 6) is 0.225. The van der Waals surface area contributed by atoms with E-state index in [9.17, 15) is 10.2 Å². The zero-order valence-electron chi connectivity index (χ0n) is 9.77. The maximum absolute atomic E-state index is 10.2. The maximum atomic E-state index is 10.2. The molecule has 0 unspecified atom stereocenters. The Labute approximate surface area is 96.1 Å². The van der Waals surface area contributed by atoms with Gasteiger partial charge in [0.2, 0.25) is 0 Å². The fraction of sp³-hybridized carbons (Fsp3) is 0.538. The third-order valence-electron chi connectivity index (χ3n) is 3.10. The largest absolute Gasteiger partial charge is 0.508 e. The second-order valence-corrected chi connectivity index (χ2v) is 4.79. The molecular weight excluding hydrogens is 202 g/mol. The van der Waals surface area contributed by atoms with Crippen molar-refractivity contribution in [2.45, 2.75) is 44.9 Å². The molecule has 1 aliphatic carbocycles. The fourth-order valence-corrected chi connectivity index (χ4v) is 2.37. The van der Waals surface area contributed by atoms with Crippen LogP contribution in [0.3, 0.4) is 0 Å². The molecule has 0 heterocycles. The van der Waals surface area contributed by atoms with Crippen LogP contribution < -0.4 is 5.32 Å². The van der Waals surface area contributed by atoms with Gasteiger partial charge >= 0.3 is 0 Å². The van der Waals surface area contributed by atoms with Crippen molar-refractivity contribution in [1.29, 1.82) is 0 Å². The van der Waals surface area contributed by atoms with Crippen molar-refractivity contribution in [1.82, 2.24) is 5.32 Å². The van der Waals surface area contributed by atoms with Gasteiger partial charge in [0, 0.05) is 12.1 Å². The lowest BCUT2D eigenvalue weighted by Gasteiger charge is -2.32. The van der Waals surface area contributed by atoms with E-state index in [-0.39, 0.29) is 11.8 Å². The van der Waals surface area contributed by atoms with E-state index in [4.69, 9.17) is 0 Å². The molecule has 0 aliphatic heterocycles. The lowest BCUT2D eigenvalue weighted by Crippen LogP contribution is -2.41. The van der Waals surface area contributed by atoms with Crippen molar-refractivity contribution in [2.75, 3.05) is 0 Å². The zero-order chi connectivity index (χ0) is 11.7. The molecule has 88 valence electrons. The molecule has 1 aliphatic rings. The summed E-state index contributed by atoms with van der Waals surface area (Å²) in [6, 6.07) is 5.71. The summed E-state index contributed by atoms with van der Waals surface area (Å²) >= 11 is 0. The second kappa shape index (κ2) is 4.44. The third kappa shape index (κ3) is 2.20. The first kappa shape index (κ1) is 11.4. The molecule has 0 saturated heterocycles. The molecule has 3 N–H and O–H groups in total. The average Bonchev–Trinajstić information content (AvgIpc) is 2.22. The van der Waals surface area contributed by atoms with Crippen LogP contribution in [0.15, 0.2) is 18.2 Å². The zero-order valence-corrected chi connectivity index (χ0v) is 9.77. The number of aliphatic hydroxyl groups excluding tert-OH is 1. The summed E-state index contributed by atoms with van der Waals surface area (Å²) in [7, 11) is 0. The van der Waals surface area contributed by atoms with Crippen LogP contribution in [0.5, 0.6) is 5.75 Å². The van der Waals surface area contributed by atoms with Crippen molar-refractivity contribution >= 4 is 0 Å². The number of nitrogens with one attached hydrogen (secondary N) is 1.